The van der Waals surface area contributed by atoms with Gasteiger partial charge in [0, 0.05) is 17.3 Å². The first kappa shape index (κ1) is 12.9. The van der Waals surface area contributed by atoms with Gasteiger partial charge in [-0.15, -0.1) is 11.3 Å². The van der Waals surface area contributed by atoms with Crippen LogP contribution in [0, 0.1) is 5.92 Å². The van der Waals surface area contributed by atoms with Crippen molar-refractivity contribution in [3.8, 4) is 0 Å². The van der Waals surface area contributed by atoms with Gasteiger partial charge in [0.2, 0.25) is 0 Å². The average Bonchev–Trinajstić information content (AvgIpc) is 2.75. The van der Waals surface area contributed by atoms with Crippen molar-refractivity contribution in [2.45, 2.75) is 19.4 Å². The number of thiophene rings is 1. The summed E-state index contributed by atoms with van der Waals surface area (Å²) in [4.78, 5) is 3.79. The van der Waals surface area contributed by atoms with E-state index in [2.05, 4.69) is 38.1 Å². The van der Waals surface area contributed by atoms with E-state index in [9.17, 15) is 0 Å². The van der Waals surface area contributed by atoms with Crippen molar-refractivity contribution in [1.82, 2.24) is 4.90 Å². The molecule has 0 saturated carbocycles. The summed E-state index contributed by atoms with van der Waals surface area (Å²) in [6, 6.07) is 4.24. The molecule has 3 N–H and O–H groups in total. The minimum atomic E-state index is 0.242. The zero-order chi connectivity index (χ0) is 12.3. The van der Waals surface area contributed by atoms with Crippen molar-refractivity contribution in [3.05, 3.63) is 20.8 Å². The van der Waals surface area contributed by atoms with E-state index in [1.807, 2.05) is 0 Å². The highest BCUT2D eigenvalue weighted by Crippen LogP contribution is 2.25. The van der Waals surface area contributed by atoms with Crippen LogP contribution in [0.15, 0.2) is 21.1 Å². The lowest BCUT2D eigenvalue weighted by Crippen LogP contribution is -2.38. The second kappa shape index (κ2) is 5.84. The van der Waals surface area contributed by atoms with Gasteiger partial charge < -0.3 is 10.9 Å². The van der Waals surface area contributed by atoms with Crippen molar-refractivity contribution >= 4 is 33.1 Å². The van der Waals surface area contributed by atoms with E-state index in [0.717, 1.165) is 32.5 Å². The smallest absolute Gasteiger partial charge is 0.142 e. The van der Waals surface area contributed by atoms with Gasteiger partial charge in [-0.2, -0.15) is 0 Å². The topological polar surface area (TPSA) is 61.9 Å². The largest absolute Gasteiger partial charge is 0.409 e. The molecular formula is C11H16BrN3OS. The maximum absolute atomic E-state index is 8.64. The highest BCUT2D eigenvalue weighted by molar-refractivity contribution is 9.11. The van der Waals surface area contributed by atoms with Crippen molar-refractivity contribution in [3.63, 3.8) is 0 Å². The molecule has 1 saturated heterocycles. The van der Waals surface area contributed by atoms with Gasteiger partial charge in [0.05, 0.1) is 3.79 Å². The number of nitrogens with zero attached hydrogens (tertiary/aromatic N) is 2. The van der Waals surface area contributed by atoms with Gasteiger partial charge in [0.25, 0.3) is 0 Å². The Balaban J connectivity index is 1.83. The van der Waals surface area contributed by atoms with Crippen LogP contribution in [0.2, 0.25) is 0 Å². The first-order valence-electron chi connectivity index (χ1n) is 5.63. The molecule has 2 heterocycles. The van der Waals surface area contributed by atoms with Crippen LogP contribution in [-0.4, -0.2) is 29.0 Å². The molecule has 0 aromatic carbocycles. The summed E-state index contributed by atoms with van der Waals surface area (Å²) in [5.41, 5.74) is 5.63. The molecule has 1 aromatic rings. The predicted molar refractivity (Wildman–Crippen MR) is 73.4 cm³/mol. The van der Waals surface area contributed by atoms with Crippen LogP contribution in [0.5, 0.6) is 0 Å². The van der Waals surface area contributed by atoms with Crippen LogP contribution in [0.25, 0.3) is 0 Å². The zero-order valence-corrected chi connectivity index (χ0v) is 11.9. The first-order valence-corrected chi connectivity index (χ1v) is 7.24. The monoisotopic (exact) mass is 317 g/mol. The van der Waals surface area contributed by atoms with Crippen LogP contribution in [-0.2, 0) is 6.54 Å². The molecule has 1 fully saturated rings. The van der Waals surface area contributed by atoms with Gasteiger partial charge in [-0.1, -0.05) is 5.16 Å². The van der Waals surface area contributed by atoms with Gasteiger partial charge in [0.15, 0.2) is 0 Å². The van der Waals surface area contributed by atoms with Gasteiger partial charge >= 0.3 is 0 Å². The lowest BCUT2D eigenvalue weighted by atomic mass is 9.96. The van der Waals surface area contributed by atoms with Gasteiger partial charge in [0.1, 0.15) is 5.84 Å². The number of nitrogens with two attached hydrogens (primary N) is 1. The third-order valence-corrected chi connectivity index (χ3v) is 4.74. The Hall–Kier alpha value is -0.590. The van der Waals surface area contributed by atoms with Gasteiger partial charge in [-0.05, 0) is 54.0 Å². The molecular weight excluding hydrogens is 302 g/mol. The van der Waals surface area contributed by atoms with Crippen molar-refractivity contribution in [2.24, 2.45) is 16.8 Å². The number of rotatable bonds is 3. The van der Waals surface area contributed by atoms with Crippen LogP contribution in [0.4, 0.5) is 0 Å². The van der Waals surface area contributed by atoms with Crippen LogP contribution in [0.1, 0.15) is 17.7 Å². The van der Waals surface area contributed by atoms with Crippen LogP contribution >= 0.6 is 27.3 Å². The lowest BCUT2D eigenvalue weighted by Gasteiger charge is -2.30. The molecule has 4 nitrogen and oxygen atoms in total. The molecule has 0 spiro atoms. The number of oxime groups is 1. The Kier molecular flexibility index (Phi) is 4.42. The predicted octanol–water partition coefficient (Wildman–Crippen LogP) is 2.47. The number of amidine groups is 1. The Labute approximate surface area is 113 Å². The number of hydrogen-bond acceptors (Lipinski definition) is 4. The molecule has 0 amide bonds. The molecule has 94 valence electrons. The highest BCUT2D eigenvalue weighted by Gasteiger charge is 2.22. The Morgan fingerprint density at radius 2 is 2.24 bits per heavy atom. The zero-order valence-electron chi connectivity index (χ0n) is 9.47. The van der Waals surface area contributed by atoms with Gasteiger partial charge in [-0.3, -0.25) is 4.90 Å². The number of piperidine rings is 1. The van der Waals surface area contributed by atoms with E-state index < -0.39 is 0 Å². The SMILES string of the molecule is NC(=NO)C1CCN(Cc2ccc(Br)s2)CC1. The molecule has 2 rings (SSSR count). The van der Waals surface area contributed by atoms with E-state index in [0.29, 0.717) is 5.84 Å². The summed E-state index contributed by atoms with van der Waals surface area (Å²) in [6.07, 6.45) is 1.95. The first-order chi connectivity index (χ1) is 8.19. The summed E-state index contributed by atoms with van der Waals surface area (Å²) < 4.78 is 1.18. The molecule has 1 aliphatic heterocycles. The molecule has 1 aliphatic rings. The lowest BCUT2D eigenvalue weighted by molar-refractivity contribution is 0.200. The number of hydrogen-bond donors (Lipinski definition) is 2. The minimum absolute atomic E-state index is 0.242. The van der Waals surface area contributed by atoms with E-state index in [1.165, 1.54) is 8.66 Å². The summed E-state index contributed by atoms with van der Waals surface area (Å²) >= 11 is 5.25. The van der Waals surface area contributed by atoms with Crippen molar-refractivity contribution < 1.29 is 5.21 Å². The van der Waals surface area contributed by atoms with Crippen molar-refractivity contribution in [1.29, 1.82) is 0 Å². The molecule has 17 heavy (non-hydrogen) atoms. The van der Waals surface area contributed by atoms with E-state index in [4.69, 9.17) is 10.9 Å². The summed E-state index contributed by atoms with van der Waals surface area (Å²) in [5.74, 6) is 0.620. The average molecular weight is 318 g/mol. The summed E-state index contributed by atoms with van der Waals surface area (Å²) in [6.45, 7) is 3.02. The Morgan fingerprint density at radius 1 is 1.53 bits per heavy atom. The fourth-order valence-electron chi connectivity index (χ4n) is 2.13. The number of likely N-dealkylation sites (tertiary alicyclic amines) is 1. The van der Waals surface area contributed by atoms with Gasteiger partial charge in [-0.25, -0.2) is 0 Å². The summed E-state index contributed by atoms with van der Waals surface area (Å²) in [5, 5.41) is 11.7. The maximum Gasteiger partial charge on any atom is 0.142 e. The second-order valence-electron chi connectivity index (χ2n) is 4.28. The fraction of sp³-hybridized carbons (Fsp3) is 0.545. The van der Waals surface area contributed by atoms with Crippen molar-refractivity contribution in [2.75, 3.05) is 13.1 Å². The maximum atomic E-state index is 8.64. The molecule has 0 aliphatic carbocycles. The normalized spacial score (nSPS) is 19.7. The molecule has 6 heteroatoms. The Morgan fingerprint density at radius 3 is 2.76 bits per heavy atom. The minimum Gasteiger partial charge on any atom is -0.409 e. The third-order valence-electron chi connectivity index (χ3n) is 3.13. The van der Waals surface area contributed by atoms with E-state index >= 15 is 0 Å². The van der Waals surface area contributed by atoms with E-state index in [1.54, 1.807) is 11.3 Å². The molecule has 0 unspecified atom stereocenters. The molecule has 1 aromatic heterocycles. The second-order valence-corrected chi connectivity index (χ2v) is 6.83. The molecule has 0 bridgehead atoms. The number of halogens is 1. The van der Waals surface area contributed by atoms with E-state index in [-0.39, 0.29) is 5.92 Å². The van der Waals surface area contributed by atoms with Crippen LogP contribution < -0.4 is 5.73 Å². The molecule has 0 radical (unpaired) electrons. The quantitative estimate of drug-likeness (QED) is 0.389. The molecule has 0 atom stereocenters. The summed E-state index contributed by atoms with van der Waals surface area (Å²) in [7, 11) is 0. The highest BCUT2D eigenvalue weighted by atomic mass is 79.9. The Bertz CT molecular complexity index is 399. The van der Waals surface area contributed by atoms with Crippen LogP contribution in [0.3, 0.4) is 0 Å². The standard InChI is InChI=1S/C11H16BrN3OS/c12-10-2-1-9(17-10)7-15-5-3-8(4-6-15)11(13)14-16/h1-2,8,16H,3-7H2,(H2,13,14). The fourth-order valence-corrected chi connectivity index (χ4v) is 3.65. The third kappa shape index (κ3) is 3.43.